The molecule has 0 aliphatic carbocycles. The largest absolute Gasteiger partial charge is 0.541 e. The molecule has 0 saturated carbocycles. The van der Waals surface area contributed by atoms with E-state index in [0.717, 1.165) is 22.4 Å². The second kappa shape index (κ2) is 24.7. The molecule has 2 N–H and O–H groups in total. The Bertz CT molecular complexity index is 2910. The van der Waals surface area contributed by atoms with E-state index in [1.165, 1.54) is 24.7 Å². The fourth-order valence-electron chi connectivity index (χ4n) is 7.58. The highest BCUT2D eigenvalue weighted by atomic mass is 35.5. The van der Waals surface area contributed by atoms with Crippen LogP contribution < -0.4 is 19.9 Å². The normalized spacial score (nSPS) is 16.5. The van der Waals surface area contributed by atoms with Gasteiger partial charge in [0.2, 0.25) is 11.6 Å². The smallest absolute Gasteiger partial charge is 0.413 e. The lowest BCUT2D eigenvalue weighted by molar-refractivity contribution is -0.663. The molecule has 6 rings (SSSR count). The SMILES string of the molecule is BOC(=O)[C@@H](CO[Si](C)(C)C(C)(C)C)O/N=C(\C(=O)NC1C(=O)N2C(C(=O)OCc3ccc(OC)cc3)=C(C[n+]3cccc4c3ccn4CCCN(C)C(=O)OC(C)(C)C)CSC12)c1nc(NC(=O)OC(C)(C)C)sc1Cl. The predicted molar refractivity (Wildman–Crippen MR) is 297 cm³/mol. The second-order valence-corrected chi connectivity index (χ2v) is 29.3. The summed E-state index contributed by atoms with van der Waals surface area (Å²) in [6, 6.07) is 11.7. The first-order chi connectivity index (χ1) is 36.0. The van der Waals surface area contributed by atoms with Crippen molar-refractivity contribution in [1.29, 1.82) is 0 Å². The number of anilines is 1. The number of β-lactam (4-membered cyclic amide) rings is 1. The van der Waals surface area contributed by atoms with Crippen LogP contribution in [0.25, 0.3) is 11.0 Å². The van der Waals surface area contributed by atoms with Crippen LogP contribution in [0.3, 0.4) is 0 Å². The molecule has 2 unspecified atom stereocenters. The van der Waals surface area contributed by atoms with Gasteiger partial charge in [0.15, 0.2) is 31.9 Å². The molecule has 2 aliphatic heterocycles. The van der Waals surface area contributed by atoms with E-state index >= 15 is 0 Å². The molecular formula is C51H69BClN8O13S2Si+. The molecule has 5 heterocycles. The van der Waals surface area contributed by atoms with Crippen molar-refractivity contribution < 1.29 is 66.2 Å². The molecule has 1 fully saturated rings. The number of esters is 1. The van der Waals surface area contributed by atoms with Gasteiger partial charge in [0, 0.05) is 49.8 Å². The van der Waals surface area contributed by atoms with Gasteiger partial charge in [-0.25, -0.2) is 24.2 Å². The van der Waals surface area contributed by atoms with Gasteiger partial charge in [-0.3, -0.25) is 19.8 Å². The Morgan fingerprint density at radius 1 is 1.01 bits per heavy atom. The number of ether oxygens (including phenoxy) is 4. The minimum absolute atomic E-state index is 0.0344. The number of fused-ring (bicyclic) bond motifs is 2. The van der Waals surface area contributed by atoms with Crippen LogP contribution in [0.4, 0.5) is 14.7 Å². The second-order valence-electron chi connectivity index (χ2n) is 21.8. The molecule has 1 saturated heterocycles. The van der Waals surface area contributed by atoms with Crippen molar-refractivity contribution in [3.63, 3.8) is 0 Å². The molecule has 1 aromatic carbocycles. The number of oxime groups is 1. The first-order valence-electron chi connectivity index (χ1n) is 24.8. The predicted octanol–water partition coefficient (Wildman–Crippen LogP) is 6.95. The zero-order valence-corrected chi connectivity index (χ0v) is 49.5. The minimum atomic E-state index is -2.45. The number of hydrogen-bond acceptors (Lipinski definition) is 17. The highest BCUT2D eigenvalue weighted by Crippen LogP contribution is 2.42. The molecule has 0 bridgehead atoms. The van der Waals surface area contributed by atoms with E-state index in [-0.39, 0.29) is 51.4 Å². The van der Waals surface area contributed by atoms with Crippen molar-refractivity contribution in [3.05, 3.63) is 81.7 Å². The van der Waals surface area contributed by atoms with Crippen LogP contribution in [0.2, 0.25) is 22.5 Å². The Balaban J connectivity index is 1.29. The summed E-state index contributed by atoms with van der Waals surface area (Å²) in [4.78, 5) is 95.0. The number of carbonyl (C=O) groups is 6. The maximum absolute atomic E-state index is 14.6. The fourth-order valence-corrected chi connectivity index (χ4v) is 10.9. The summed E-state index contributed by atoms with van der Waals surface area (Å²) in [6.07, 6.45) is 1.82. The van der Waals surface area contributed by atoms with Gasteiger partial charge in [0.1, 0.15) is 56.2 Å². The van der Waals surface area contributed by atoms with Gasteiger partial charge in [-0.1, -0.05) is 61.0 Å². The van der Waals surface area contributed by atoms with E-state index in [1.807, 2.05) is 89.8 Å². The number of methoxy groups -OCH3 is 1. The highest BCUT2D eigenvalue weighted by molar-refractivity contribution is 8.00. The number of aryl methyl sites for hydroxylation is 1. The van der Waals surface area contributed by atoms with Crippen LogP contribution in [0, 0.1) is 0 Å². The van der Waals surface area contributed by atoms with E-state index in [1.54, 1.807) is 64.1 Å². The molecule has 26 heteroatoms. The topological polar surface area (TPSA) is 232 Å². The third-order valence-corrected chi connectivity index (χ3v) is 19.6. The summed E-state index contributed by atoms with van der Waals surface area (Å²) in [7, 11) is 1.98. The molecule has 416 valence electrons. The van der Waals surface area contributed by atoms with Gasteiger partial charge >= 0.3 is 32.2 Å². The number of pyridine rings is 1. The van der Waals surface area contributed by atoms with Crippen LogP contribution in [0.15, 0.2) is 71.3 Å². The minimum Gasteiger partial charge on any atom is -0.541 e. The number of nitrogens with one attached hydrogen (secondary N) is 2. The monoisotopic (exact) mass is 1140 g/mol. The van der Waals surface area contributed by atoms with E-state index < -0.39 is 78.7 Å². The Morgan fingerprint density at radius 3 is 2.34 bits per heavy atom. The summed E-state index contributed by atoms with van der Waals surface area (Å²) < 4.78 is 37.3. The Kier molecular flexibility index (Phi) is 19.3. The summed E-state index contributed by atoms with van der Waals surface area (Å²) >= 11 is 8.83. The average molecular weight is 1140 g/mol. The number of hydrogen-bond donors (Lipinski definition) is 2. The van der Waals surface area contributed by atoms with E-state index in [9.17, 15) is 28.8 Å². The van der Waals surface area contributed by atoms with Crippen LogP contribution in [0.5, 0.6) is 5.75 Å². The van der Waals surface area contributed by atoms with E-state index in [4.69, 9.17) is 44.5 Å². The van der Waals surface area contributed by atoms with Gasteiger partial charge in [-0.15, -0.1) is 11.8 Å². The third kappa shape index (κ3) is 15.3. The Labute approximate surface area is 463 Å². The summed E-state index contributed by atoms with van der Waals surface area (Å²) in [5.41, 5.74) is 0.838. The number of benzene rings is 1. The molecule has 3 atom stereocenters. The number of rotatable bonds is 20. The van der Waals surface area contributed by atoms with E-state index in [2.05, 4.69) is 25.3 Å². The van der Waals surface area contributed by atoms with Crippen molar-refractivity contribution in [2.75, 3.05) is 38.4 Å². The Hall–Kier alpha value is -6.15. The van der Waals surface area contributed by atoms with Gasteiger partial charge < -0.3 is 47.6 Å². The molecule has 0 radical (unpaired) electrons. The maximum atomic E-state index is 14.6. The van der Waals surface area contributed by atoms with Gasteiger partial charge in [-0.05, 0) is 89.9 Å². The van der Waals surface area contributed by atoms with E-state index in [0.29, 0.717) is 36.4 Å². The first kappa shape index (κ1) is 60.1. The highest BCUT2D eigenvalue weighted by Gasteiger charge is 2.55. The lowest BCUT2D eigenvalue weighted by Crippen LogP contribution is -2.71. The average Bonchev–Trinajstić information content (AvgIpc) is 3.96. The molecule has 4 amide bonds. The van der Waals surface area contributed by atoms with Crippen molar-refractivity contribution in [3.8, 4) is 5.75 Å². The maximum Gasteiger partial charge on any atom is 0.413 e. The van der Waals surface area contributed by atoms with Crippen LogP contribution in [-0.4, -0.2) is 139 Å². The molecule has 0 spiro atoms. The van der Waals surface area contributed by atoms with Crippen LogP contribution in [0.1, 0.15) is 80.0 Å². The first-order valence-corrected chi connectivity index (χ1v) is 30.0. The van der Waals surface area contributed by atoms with Crippen LogP contribution >= 0.6 is 34.7 Å². The summed E-state index contributed by atoms with van der Waals surface area (Å²) in [6.45, 7) is 21.5. The van der Waals surface area contributed by atoms with Gasteiger partial charge in [0.25, 0.3) is 11.8 Å². The van der Waals surface area contributed by atoms with Crippen molar-refractivity contribution in [1.82, 2.24) is 24.7 Å². The van der Waals surface area contributed by atoms with Crippen molar-refractivity contribution >= 4 is 109 Å². The molecule has 3 aromatic heterocycles. The van der Waals surface area contributed by atoms with Gasteiger partial charge in [-0.2, -0.15) is 4.57 Å². The fraction of sp³-hybridized carbons (Fsp3) is 0.510. The summed E-state index contributed by atoms with van der Waals surface area (Å²) in [5.74, 6) is -2.31. The van der Waals surface area contributed by atoms with Crippen LogP contribution in [-0.2, 0) is 67.0 Å². The molecular weight excluding hydrogens is 1070 g/mol. The number of halogens is 1. The summed E-state index contributed by atoms with van der Waals surface area (Å²) in [5, 5.41) is 8.29. The standard InChI is InChI=1S/C51H68BClN8O13S2Si/c1-49(2,3)71-47(66)56-46-55-36(40(53)76-46)37(57-74-35(44(64)73-52)28-70-77(12,13)51(7,8)9)41(62)54-38-42(63)61-39(45(65)69-27-30-17-19-32(68-11)20-18-30)31(29-75-43(38)61)26-60-23-14-16-33-34(60)21-25-59(33)24-15-22-58(10)48(67)72-50(4,5)6/h14,16-21,23,25,35,38,43H,15,22,24,26-29,52H2,1-13H3,(H-,54,55,56,62,66)/p+1/b57-37-/t35-,38?,43?/m1/s1. The number of thiazole rings is 1. The number of amides is 4. The van der Waals surface area contributed by atoms with Crippen molar-refractivity contribution in [2.45, 2.75) is 135 Å². The zero-order valence-electron chi connectivity index (χ0n) is 46.1. The molecule has 77 heavy (non-hydrogen) atoms. The number of nitrogens with zero attached hydrogens (tertiary/aromatic N) is 6. The van der Waals surface area contributed by atoms with Crippen molar-refractivity contribution in [2.24, 2.45) is 5.16 Å². The number of carbonyl (C=O) groups excluding carboxylic acids is 6. The quantitative estimate of drug-likeness (QED) is 0.0173. The molecule has 21 nitrogen and oxygen atoms in total. The number of thioether (sulfide) groups is 1. The number of aromatic nitrogens is 3. The lowest BCUT2D eigenvalue weighted by atomic mass is 10.0. The zero-order chi connectivity index (χ0) is 56.8. The lowest BCUT2D eigenvalue weighted by Gasteiger charge is -2.49. The molecule has 4 aromatic rings. The Morgan fingerprint density at radius 2 is 1.70 bits per heavy atom. The third-order valence-electron chi connectivity index (χ3n) is 12.6. The molecule has 2 aliphatic rings. The van der Waals surface area contributed by atoms with Gasteiger partial charge in [0.05, 0.1) is 13.7 Å².